The van der Waals surface area contributed by atoms with Crippen molar-refractivity contribution in [3.8, 4) is 6.07 Å². The molecule has 2 aromatic rings. The number of nitriles is 1. The standard InChI is InChI=1S/C20H22N4O3S/c21-14-17-6-8-19(9-7-17)22-20(25)15-23-10-12-24(13-11-23)28(26,27)16-18-4-2-1-3-5-18/h1-9H,10-13,15-16H2,(H,22,25)/p+1. The van der Waals surface area contributed by atoms with E-state index in [0.717, 1.165) is 10.5 Å². The molecule has 1 aliphatic heterocycles. The molecule has 0 aliphatic carbocycles. The number of nitrogens with one attached hydrogen (secondary N) is 2. The van der Waals surface area contributed by atoms with Gasteiger partial charge in [0.2, 0.25) is 10.0 Å². The minimum Gasteiger partial charge on any atom is -0.325 e. The van der Waals surface area contributed by atoms with Gasteiger partial charge in [0, 0.05) is 5.69 Å². The third-order valence-electron chi connectivity index (χ3n) is 4.72. The van der Waals surface area contributed by atoms with Gasteiger partial charge in [0.15, 0.2) is 6.54 Å². The Kier molecular flexibility index (Phi) is 6.41. The zero-order valence-corrected chi connectivity index (χ0v) is 16.3. The van der Waals surface area contributed by atoms with Gasteiger partial charge >= 0.3 is 0 Å². The minimum atomic E-state index is -3.35. The number of rotatable bonds is 6. The molecule has 1 fully saturated rings. The van der Waals surface area contributed by atoms with Crippen molar-refractivity contribution in [2.75, 3.05) is 38.0 Å². The molecule has 0 radical (unpaired) electrons. The number of piperazine rings is 1. The summed E-state index contributed by atoms with van der Waals surface area (Å²) in [4.78, 5) is 13.3. The van der Waals surface area contributed by atoms with E-state index in [-0.39, 0.29) is 18.2 Å². The van der Waals surface area contributed by atoms with E-state index in [4.69, 9.17) is 5.26 Å². The molecule has 1 amide bonds. The summed E-state index contributed by atoms with van der Waals surface area (Å²) in [7, 11) is -3.35. The normalized spacial score (nSPS) is 15.7. The second kappa shape index (κ2) is 8.97. The topological polar surface area (TPSA) is 94.7 Å². The molecular weight excluding hydrogens is 376 g/mol. The van der Waals surface area contributed by atoms with Crippen molar-refractivity contribution in [3.63, 3.8) is 0 Å². The highest BCUT2D eigenvalue weighted by molar-refractivity contribution is 7.88. The molecular formula is C20H23N4O3S+. The van der Waals surface area contributed by atoms with Gasteiger partial charge in [-0.1, -0.05) is 30.3 Å². The van der Waals surface area contributed by atoms with Gasteiger partial charge < -0.3 is 10.2 Å². The Balaban J connectivity index is 1.48. The van der Waals surface area contributed by atoms with Crippen LogP contribution in [0.25, 0.3) is 0 Å². The first-order chi connectivity index (χ1) is 13.5. The molecule has 7 nitrogen and oxygen atoms in total. The quantitative estimate of drug-likeness (QED) is 0.727. The zero-order chi connectivity index (χ0) is 20.0. The fourth-order valence-electron chi connectivity index (χ4n) is 3.19. The number of sulfonamides is 1. The van der Waals surface area contributed by atoms with Crippen molar-refractivity contribution >= 4 is 21.6 Å². The number of amides is 1. The zero-order valence-electron chi connectivity index (χ0n) is 15.5. The Morgan fingerprint density at radius 1 is 1.07 bits per heavy atom. The van der Waals surface area contributed by atoms with Crippen LogP contribution in [0.3, 0.4) is 0 Å². The lowest BCUT2D eigenvalue weighted by Gasteiger charge is -2.31. The number of hydrogen-bond donors (Lipinski definition) is 2. The predicted molar refractivity (Wildman–Crippen MR) is 106 cm³/mol. The van der Waals surface area contributed by atoms with Gasteiger partial charge in [-0.2, -0.15) is 9.57 Å². The van der Waals surface area contributed by atoms with Crippen molar-refractivity contribution < 1.29 is 18.1 Å². The summed E-state index contributed by atoms with van der Waals surface area (Å²) in [6.07, 6.45) is 0. The number of benzene rings is 2. The van der Waals surface area contributed by atoms with Crippen LogP contribution in [-0.4, -0.2) is 51.4 Å². The molecule has 1 aliphatic rings. The maximum atomic E-state index is 12.6. The van der Waals surface area contributed by atoms with E-state index in [1.54, 1.807) is 24.3 Å². The van der Waals surface area contributed by atoms with Crippen molar-refractivity contribution in [3.05, 3.63) is 65.7 Å². The largest absolute Gasteiger partial charge is 0.325 e. The number of quaternary nitrogens is 1. The molecule has 0 spiro atoms. The first-order valence-electron chi connectivity index (χ1n) is 9.11. The lowest BCUT2D eigenvalue weighted by molar-refractivity contribution is -0.895. The van der Waals surface area contributed by atoms with Crippen molar-refractivity contribution in [2.45, 2.75) is 5.75 Å². The van der Waals surface area contributed by atoms with Gasteiger partial charge in [0.1, 0.15) is 0 Å². The summed E-state index contributed by atoms with van der Waals surface area (Å²) >= 11 is 0. The Bertz CT molecular complexity index is 945. The highest BCUT2D eigenvalue weighted by atomic mass is 32.2. The molecule has 0 bridgehead atoms. The van der Waals surface area contributed by atoms with Gasteiger partial charge in [0.05, 0.1) is 43.6 Å². The van der Waals surface area contributed by atoms with Crippen LogP contribution in [0.4, 0.5) is 5.69 Å². The average Bonchev–Trinajstić information content (AvgIpc) is 2.69. The lowest BCUT2D eigenvalue weighted by Crippen LogP contribution is -3.15. The summed E-state index contributed by atoms with van der Waals surface area (Å²) in [5.74, 6) is -0.122. The summed E-state index contributed by atoms with van der Waals surface area (Å²) in [5.41, 5.74) is 1.96. The van der Waals surface area contributed by atoms with Gasteiger partial charge in [-0.05, 0) is 29.8 Å². The molecule has 0 aromatic heterocycles. The van der Waals surface area contributed by atoms with Gasteiger partial charge in [-0.3, -0.25) is 4.79 Å². The number of carbonyl (C=O) groups is 1. The Labute approximate surface area is 165 Å². The first-order valence-corrected chi connectivity index (χ1v) is 10.7. The van der Waals surface area contributed by atoms with Crippen LogP contribution in [0, 0.1) is 11.3 Å². The van der Waals surface area contributed by atoms with Crippen LogP contribution >= 0.6 is 0 Å². The van der Waals surface area contributed by atoms with E-state index in [0.29, 0.717) is 37.4 Å². The highest BCUT2D eigenvalue weighted by Gasteiger charge is 2.29. The number of anilines is 1. The maximum absolute atomic E-state index is 12.6. The third-order valence-corrected chi connectivity index (χ3v) is 6.57. The summed E-state index contributed by atoms with van der Waals surface area (Å²) in [6, 6.07) is 17.9. The number of nitrogens with zero attached hydrogens (tertiary/aromatic N) is 2. The Morgan fingerprint density at radius 2 is 1.71 bits per heavy atom. The fourth-order valence-corrected chi connectivity index (χ4v) is 4.73. The van der Waals surface area contributed by atoms with Crippen LogP contribution in [0.5, 0.6) is 0 Å². The molecule has 0 saturated carbocycles. The van der Waals surface area contributed by atoms with Crippen molar-refractivity contribution in [1.82, 2.24) is 4.31 Å². The molecule has 0 unspecified atom stereocenters. The Hall–Kier alpha value is -2.73. The molecule has 2 N–H and O–H groups in total. The SMILES string of the molecule is N#Cc1ccc(NC(=O)C[NH+]2CCN(S(=O)(=O)Cc3ccccc3)CC2)cc1. The number of hydrogen-bond acceptors (Lipinski definition) is 4. The summed E-state index contributed by atoms with van der Waals surface area (Å²) < 4.78 is 26.7. The monoisotopic (exact) mass is 399 g/mol. The van der Waals surface area contributed by atoms with E-state index in [2.05, 4.69) is 5.32 Å². The second-order valence-corrected chi connectivity index (χ2v) is 8.77. The van der Waals surface area contributed by atoms with E-state index >= 15 is 0 Å². The first kappa shape index (κ1) is 20.0. The van der Waals surface area contributed by atoms with Gasteiger partial charge in [-0.15, -0.1) is 0 Å². The summed E-state index contributed by atoms with van der Waals surface area (Å²) in [6.45, 7) is 2.29. The molecule has 28 heavy (non-hydrogen) atoms. The van der Waals surface area contributed by atoms with Crippen LogP contribution < -0.4 is 10.2 Å². The van der Waals surface area contributed by atoms with Gasteiger partial charge in [0.25, 0.3) is 5.91 Å². The van der Waals surface area contributed by atoms with Crippen LogP contribution in [-0.2, 0) is 20.6 Å². The molecule has 1 heterocycles. The van der Waals surface area contributed by atoms with Gasteiger partial charge in [-0.25, -0.2) is 8.42 Å². The number of carbonyl (C=O) groups excluding carboxylic acids is 1. The van der Waals surface area contributed by atoms with Crippen LogP contribution in [0.1, 0.15) is 11.1 Å². The van der Waals surface area contributed by atoms with E-state index < -0.39 is 10.0 Å². The average molecular weight is 399 g/mol. The van der Waals surface area contributed by atoms with Crippen LogP contribution in [0.2, 0.25) is 0 Å². The lowest BCUT2D eigenvalue weighted by atomic mass is 10.2. The molecule has 2 aromatic carbocycles. The second-order valence-electron chi connectivity index (χ2n) is 6.80. The third kappa shape index (κ3) is 5.39. The van der Waals surface area contributed by atoms with E-state index in [1.165, 1.54) is 4.31 Å². The van der Waals surface area contributed by atoms with Crippen LogP contribution in [0.15, 0.2) is 54.6 Å². The van der Waals surface area contributed by atoms with Crippen molar-refractivity contribution in [1.29, 1.82) is 5.26 Å². The molecule has 0 atom stereocenters. The summed E-state index contributed by atoms with van der Waals surface area (Å²) in [5, 5.41) is 11.6. The predicted octanol–water partition coefficient (Wildman–Crippen LogP) is 0.227. The molecule has 8 heteroatoms. The highest BCUT2D eigenvalue weighted by Crippen LogP contribution is 2.11. The molecule has 1 saturated heterocycles. The molecule has 3 rings (SSSR count). The fraction of sp³-hybridized carbons (Fsp3) is 0.300. The maximum Gasteiger partial charge on any atom is 0.279 e. The molecule has 146 valence electrons. The minimum absolute atomic E-state index is 0.00233. The smallest absolute Gasteiger partial charge is 0.279 e. The Morgan fingerprint density at radius 3 is 2.32 bits per heavy atom. The van der Waals surface area contributed by atoms with E-state index in [9.17, 15) is 13.2 Å². The van der Waals surface area contributed by atoms with Crippen molar-refractivity contribution in [2.24, 2.45) is 0 Å². The van der Waals surface area contributed by atoms with E-state index in [1.807, 2.05) is 36.4 Å².